The average molecular weight is 601 g/mol. The van der Waals surface area contributed by atoms with Crippen LogP contribution >= 0.6 is 0 Å². The number of aromatic nitrogens is 3. The molecule has 1 atom stereocenters. The Morgan fingerprint density at radius 2 is 1.80 bits per heavy atom. The number of nitrogen functional groups attached to an aromatic ring is 1. The number of aryl methyl sites for hydroxylation is 1. The molecule has 0 bridgehead atoms. The minimum atomic E-state index is -0.607. The summed E-state index contributed by atoms with van der Waals surface area (Å²) in [6.45, 7) is 8.76. The van der Waals surface area contributed by atoms with Crippen LogP contribution in [0.2, 0.25) is 0 Å². The summed E-state index contributed by atoms with van der Waals surface area (Å²) in [5.41, 5.74) is 9.68. The van der Waals surface area contributed by atoms with Gasteiger partial charge in [-0.1, -0.05) is 24.3 Å². The molecule has 232 valence electrons. The van der Waals surface area contributed by atoms with E-state index in [9.17, 15) is 14.4 Å². The Labute approximate surface area is 257 Å². The van der Waals surface area contributed by atoms with Crippen LogP contribution in [0.3, 0.4) is 0 Å². The summed E-state index contributed by atoms with van der Waals surface area (Å²) in [6.07, 6.45) is 6.97. The summed E-state index contributed by atoms with van der Waals surface area (Å²) in [5.74, 6) is -0.116. The van der Waals surface area contributed by atoms with Gasteiger partial charge in [-0.2, -0.15) is 0 Å². The molecular weight excluding hydrogens is 560 g/mol. The first-order valence-corrected chi connectivity index (χ1v) is 15.1. The lowest BCUT2D eigenvalue weighted by molar-refractivity contribution is -0.123. The number of benzene rings is 1. The zero-order valence-corrected chi connectivity index (χ0v) is 25.6. The van der Waals surface area contributed by atoms with Gasteiger partial charge >= 0.3 is 6.09 Å². The molecule has 0 saturated carbocycles. The number of hydrogen-bond donors (Lipinski definition) is 1. The SMILES string of the molecule is CC(C)(C)OC(=O)N1CCC[C@H]1C(=O)CCc1ccc(-c2cnc(N)c(C(=O)Cc3cnccc3N3CCOCC3)n2)cc1. The zero-order valence-electron chi connectivity index (χ0n) is 25.6. The minimum Gasteiger partial charge on any atom is -0.444 e. The standard InChI is InChI=1S/C33H40N6O5/c1-33(2,3)44-32(42)39-14-4-5-27(39)28(40)11-8-22-6-9-23(10-7-22)25-21-36-31(34)30(37-25)29(41)19-24-20-35-13-12-26(24)38-15-17-43-18-16-38/h6-7,9-10,12-13,20-21,27H,4-5,8,11,14-19H2,1-3H3,(H2,34,36)/t27-/m0/s1. The number of ketones is 2. The Morgan fingerprint density at radius 1 is 1.05 bits per heavy atom. The molecule has 4 heterocycles. The number of carbonyl (C=O) groups excluding carboxylic acids is 3. The topological polar surface area (TPSA) is 141 Å². The Balaban J connectivity index is 1.22. The van der Waals surface area contributed by atoms with Gasteiger partial charge in [-0.05, 0) is 51.7 Å². The fourth-order valence-electron chi connectivity index (χ4n) is 5.59. The molecule has 11 heteroatoms. The van der Waals surface area contributed by atoms with Crippen LogP contribution in [0.5, 0.6) is 0 Å². The van der Waals surface area contributed by atoms with E-state index in [4.69, 9.17) is 15.2 Å². The molecule has 2 saturated heterocycles. The van der Waals surface area contributed by atoms with Crippen LogP contribution in [0.1, 0.15) is 61.6 Å². The molecule has 0 unspecified atom stereocenters. The number of rotatable bonds is 9. The third kappa shape index (κ3) is 7.57. The normalized spacial score (nSPS) is 17.0. The van der Waals surface area contributed by atoms with Crippen LogP contribution in [0.15, 0.2) is 48.9 Å². The highest BCUT2D eigenvalue weighted by Gasteiger charge is 2.36. The van der Waals surface area contributed by atoms with Crippen molar-refractivity contribution < 1.29 is 23.9 Å². The molecule has 1 aromatic carbocycles. The smallest absolute Gasteiger partial charge is 0.410 e. The Bertz CT molecular complexity index is 1500. The van der Waals surface area contributed by atoms with Gasteiger partial charge in [-0.3, -0.25) is 19.5 Å². The molecule has 0 spiro atoms. The lowest BCUT2D eigenvalue weighted by Gasteiger charge is -2.30. The molecule has 44 heavy (non-hydrogen) atoms. The highest BCUT2D eigenvalue weighted by molar-refractivity contribution is 6.00. The maximum atomic E-state index is 13.4. The Hall–Kier alpha value is -4.38. The van der Waals surface area contributed by atoms with Crippen molar-refractivity contribution in [1.82, 2.24) is 19.9 Å². The second-order valence-corrected chi connectivity index (χ2v) is 12.2. The van der Waals surface area contributed by atoms with Gasteiger partial charge in [-0.25, -0.2) is 14.8 Å². The molecule has 2 aliphatic heterocycles. The number of anilines is 2. The van der Waals surface area contributed by atoms with Crippen LogP contribution in [-0.4, -0.2) is 82.0 Å². The molecule has 1 amide bonds. The predicted molar refractivity (Wildman–Crippen MR) is 166 cm³/mol. The van der Waals surface area contributed by atoms with Crippen LogP contribution in [0.4, 0.5) is 16.3 Å². The highest BCUT2D eigenvalue weighted by atomic mass is 16.6. The molecule has 0 radical (unpaired) electrons. The van der Waals surface area contributed by atoms with Gasteiger partial charge in [0.1, 0.15) is 11.3 Å². The van der Waals surface area contributed by atoms with E-state index in [0.29, 0.717) is 44.7 Å². The number of nitrogens with two attached hydrogens (primary N) is 1. The van der Waals surface area contributed by atoms with E-state index in [1.54, 1.807) is 23.5 Å². The van der Waals surface area contributed by atoms with E-state index < -0.39 is 17.7 Å². The van der Waals surface area contributed by atoms with Crippen molar-refractivity contribution in [2.24, 2.45) is 0 Å². The fourth-order valence-corrected chi connectivity index (χ4v) is 5.59. The number of Topliss-reactive ketones (excluding diaryl/α,β-unsaturated/α-hetero) is 2. The van der Waals surface area contributed by atoms with Crippen molar-refractivity contribution in [1.29, 1.82) is 0 Å². The maximum absolute atomic E-state index is 13.4. The van der Waals surface area contributed by atoms with Gasteiger partial charge in [0.15, 0.2) is 17.4 Å². The number of pyridine rings is 1. The van der Waals surface area contributed by atoms with E-state index in [1.807, 2.05) is 51.1 Å². The van der Waals surface area contributed by atoms with E-state index in [2.05, 4.69) is 19.9 Å². The molecule has 0 aliphatic carbocycles. The third-order valence-corrected chi connectivity index (χ3v) is 7.81. The van der Waals surface area contributed by atoms with Crippen LogP contribution in [0.25, 0.3) is 11.3 Å². The number of carbonyl (C=O) groups is 3. The molecule has 5 rings (SSSR count). The van der Waals surface area contributed by atoms with Crippen molar-refractivity contribution in [3.05, 3.63) is 65.7 Å². The van der Waals surface area contributed by atoms with Crippen molar-refractivity contribution >= 4 is 29.2 Å². The molecule has 2 N–H and O–H groups in total. The average Bonchev–Trinajstić information content (AvgIpc) is 3.51. The Kier molecular flexibility index (Phi) is 9.53. The fraction of sp³-hybridized carbons (Fsp3) is 0.455. The molecular formula is C33H40N6O5. The number of ether oxygens (including phenoxy) is 2. The largest absolute Gasteiger partial charge is 0.444 e. The van der Waals surface area contributed by atoms with E-state index in [0.717, 1.165) is 41.9 Å². The van der Waals surface area contributed by atoms with Gasteiger partial charge in [0, 0.05) is 61.7 Å². The van der Waals surface area contributed by atoms with Crippen LogP contribution in [-0.2, 0) is 27.1 Å². The van der Waals surface area contributed by atoms with Gasteiger partial charge in [0.05, 0.1) is 31.1 Å². The lowest BCUT2D eigenvalue weighted by atomic mass is 10.0. The Morgan fingerprint density at radius 3 is 2.52 bits per heavy atom. The number of amides is 1. The van der Waals surface area contributed by atoms with Gasteiger partial charge in [-0.15, -0.1) is 0 Å². The highest BCUT2D eigenvalue weighted by Crippen LogP contribution is 2.26. The van der Waals surface area contributed by atoms with Gasteiger partial charge in [0.2, 0.25) is 0 Å². The molecule has 3 aromatic rings. The summed E-state index contributed by atoms with van der Waals surface area (Å²) < 4.78 is 11.0. The summed E-state index contributed by atoms with van der Waals surface area (Å²) in [6, 6.07) is 9.14. The number of likely N-dealkylation sites (tertiary alicyclic amines) is 1. The van der Waals surface area contributed by atoms with Crippen molar-refractivity contribution in [3.63, 3.8) is 0 Å². The first-order valence-electron chi connectivity index (χ1n) is 15.1. The summed E-state index contributed by atoms with van der Waals surface area (Å²) in [5, 5.41) is 0. The third-order valence-electron chi connectivity index (χ3n) is 7.81. The van der Waals surface area contributed by atoms with Gasteiger partial charge in [0.25, 0.3) is 0 Å². The molecule has 11 nitrogen and oxygen atoms in total. The van der Waals surface area contributed by atoms with Crippen LogP contribution < -0.4 is 10.6 Å². The van der Waals surface area contributed by atoms with Crippen molar-refractivity contribution in [2.75, 3.05) is 43.5 Å². The quantitative estimate of drug-likeness (QED) is 0.354. The van der Waals surface area contributed by atoms with E-state index in [-0.39, 0.29) is 29.5 Å². The van der Waals surface area contributed by atoms with E-state index >= 15 is 0 Å². The summed E-state index contributed by atoms with van der Waals surface area (Å²) in [7, 11) is 0. The number of morpholine rings is 1. The second kappa shape index (κ2) is 13.5. The maximum Gasteiger partial charge on any atom is 0.410 e. The zero-order chi connectivity index (χ0) is 31.3. The first kappa shape index (κ1) is 31.1. The van der Waals surface area contributed by atoms with E-state index in [1.165, 1.54) is 0 Å². The monoisotopic (exact) mass is 600 g/mol. The van der Waals surface area contributed by atoms with Crippen molar-refractivity contribution in [2.45, 2.75) is 64.5 Å². The number of hydrogen-bond acceptors (Lipinski definition) is 10. The first-order chi connectivity index (χ1) is 21.1. The second-order valence-electron chi connectivity index (χ2n) is 12.2. The predicted octanol–water partition coefficient (Wildman–Crippen LogP) is 4.28. The lowest BCUT2D eigenvalue weighted by Crippen LogP contribution is -2.43. The molecule has 2 fully saturated rings. The minimum absolute atomic E-state index is 0.0374. The van der Waals surface area contributed by atoms with Gasteiger partial charge < -0.3 is 20.1 Å². The van der Waals surface area contributed by atoms with Crippen molar-refractivity contribution in [3.8, 4) is 11.3 Å². The molecule has 2 aliphatic rings. The summed E-state index contributed by atoms with van der Waals surface area (Å²) in [4.78, 5) is 55.9. The number of nitrogens with zero attached hydrogens (tertiary/aromatic N) is 5. The summed E-state index contributed by atoms with van der Waals surface area (Å²) >= 11 is 0. The molecule has 2 aromatic heterocycles. The van der Waals surface area contributed by atoms with Crippen LogP contribution in [0, 0.1) is 0 Å².